The summed E-state index contributed by atoms with van der Waals surface area (Å²) in [5.41, 5.74) is 3.75. The predicted molar refractivity (Wildman–Crippen MR) is 99.5 cm³/mol. The number of carbonyl (C=O) groups excluding carboxylic acids is 2. The molecule has 0 heterocycles. The number of benzene rings is 2. The van der Waals surface area contributed by atoms with Gasteiger partial charge in [0.05, 0.1) is 10.5 Å². The molecule has 29 heavy (non-hydrogen) atoms. The van der Waals surface area contributed by atoms with Crippen molar-refractivity contribution < 1.29 is 31.2 Å². The first-order valence-electron chi connectivity index (χ1n) is 8.05. The average molecular weight is 430 g/mol. The second-order valence-corrected chi connectivity index (χ2v) is 7.61. The number of urea groups is 1. The Morgan fingerprint density at radius 2 is 1.66 bits per heavy atom. The fraction of sp³-hybridized carbons (Fsp3) is 0.176. The van der Waals surface area contributed by atoms with E-state index in [0.29, 0.717) is 6.07 Å². The van der Waals surface area contributed by atoms with E-state index in [1.54, 1.807) is 0 Å². The highest BCUT2D eigenvalue weighted by Gasteiger charge is 2.30. The van der Waals surface area contributed by atoms with Gasteiger partial charge in [-0.15, -0.1) is 0 Å². The van der Waals surface area contributed by atoms with Gasteiger partial charge in [-0.2, -0.15) is 13.2 Å². The van der Waals surface area contributed by atoms with Gasteiger partial charge in [0, 0.05) is 11.4 Å². The fourth-order valence-electron chi connectivity index (χ4n) is 2.24. The zero-order chi connectivity index (χ0) is 21.8. The third-order valence-electron chi connectivity index (χ3n) is 3.61. The van der Waals surface area contributed by atoms with E-state index in [9.17, 15) is 31.2 Å². The molecule has 12 heteroatoms. The van der Waals surface area contributed by atoms with Crippen molar-refractivity contribution >= 4 is 33.3 Å². The number of alkyl halides is 3. The molecule has 0 unspecified atom stereocenters. The number of hydrogen-bond donors (Lipinski definition) is 4. The summed E-state index contributed by atoms with van der Waals surface area (Å²) in [5, 5.41) is 4.56. The average Bonchev–Trinajstić information content (AvgIpc) is 2.60. The Balaban J connectivity index is 2.21. The summed E-state index contributed by atoms with van der Waals surface area (Å²) < 4.78 is 65.4. The van der Waals surface area contributed by atoms with Crippen LogP contribution >= 0.6 is 0 Å². The van der Waals surface area contributed by atoms with Crippen molar-refractivity contribution in [1.29, 1.82) is 0 Å². The number of carbonyl (C=O) groups is 2. The summed E-state index contributed by atoms with van der Waals surface area (Å²) in [6, 6.07) is 6.91. The third-order valence-corrected chi connectivity index (χ3v) is 4.99. The Morgan fingerprint density at radius 1 is 1.03 bits per heavy atom. The minimum Gasteiger partial charge on any atom is -0.352 e. The zero-order valence-electron chi connectivity index (χ0n) is 14.9. The van der Waals surface area contributed by atoms with E-state index in [2.05, 4.69) is 15.4 Å². The van der Waals surface area contributed by atoms with Gasteiger partial charge in [0.25, 0.3) is 10.0 Å². The molecule has 0 aliphatic heterocycles. The lowest BCUT2D eigenvalue weighted by Gasteiger charge is -2.14. The van der Waals surface area contributed by atoms with Crippen LogP contribution in [0.3, 0.4) is 0 Å². The first kappa shape index (κ1) is 22.0. The number of anilines is 2. The van der Waals surface area contributed by atoms with Crippen LogP contribution in [0.1, 0.15) is 12.5 Å². The lowest BCUT2D eigenvalue weighted by Crippen LogP contribution is -2.44. The molecular weight excluding hydrogens is 413 g/mol. The summed E-state index contributed by atoms with van der Waals surface area (Å²) in [6.07, 6.45) is -4.62. The normalized spacial score (nSPS) is 12.7. The Kier molecular flexibility index (Phi) is 6.37. The Hall–Kier alpha value is -3.28. The van der Waals surface area contributed by atoms with Crippen molar-refractivity contribution in [1.82, 2.24) is 5.32 Å². The molecule has 0 spiro atoms. The fourth-order valence-corrected chi connectivity index (χ4v) is 3.34. The first-order chi connectivity index (χ1) is 13.4. The van der Waals surface area contributed by atoms with E-state index in [0.717, 1.165) is 18.2 Å². The quantitative estimate of drug-likeness (QED) is 0.561. The molecule has 0 aliphatic carbocycles. The molecule has 5 N–H and O–H groups in total. The Labute approximate surface area is 164 Å². The molecule has 1 atom stereocenters. The molecule has 0 radical (unpaired) electrons. The standard InChI is InChI=1S/C17H17F3N4O4S/c1-10(22-16(21)26)15(25)23-12-5-3-7-14(9-12)29(27,28)24-13-6-2-4-11(8-13)17(18,19)20/h2-10,24H,1H3,(H,23,25)(H3,21,22,26)/t10-/m1/s1. The zero-order valence-corrected chi connectivity index (χ0v) is 15.8. The number of amides is 3. The SMILES string of the molecule is C[C@@H](NC(N)=O)C(=O)Nc1cccc(S(=O)(=O)Nc2cccc(C(F)(F)F)c2)c1. The van der Waals surface area contributed by atoms with E-state index in [4.69, 9.17) is 5.73 Å². The lowest BCUT2D eigenvalue weighted by atomic mass is 10.2. The summed E-state index contributed by atoms with van der Waals surface area (Å²) in [7, 11) is -4.23. The molecule has 2 aromatic rings. The van der Waals surface area contributed by atoms with Crippen molar-refractivity contribution in [2.24, 2.45) is 5.73 Å². The van der Waals surface area contributed by atoms with Gasteiger partial charge in [0.1, 0.15) is 6.04 Å². The van der Waals surface area contributed by atoms with Crippen LogP contribution in [0.5, 0.6) is 0 Å². The minimum absolute atomic E-state index is 0.0973. The summed E-state index contributed by atoms with van der Waals surface area (Å²) in [6.45, 7) is 1.37. The van der Waals surface area contributed by atoms with Crippen LogP contribution in [-0.4, -0.2) is 26.4 Å². The van der Waals surface area contributed by atoms with E-state index >= 15 is 0 Å². The molecule has 0 saturated heterocycles. The molecular formula is C17H17F3N4O4S. The molecule has 8 nitrogen and oxygen atoms in total. The monoisotopic (exact) mass is 430 g/mol. The Morgan fingerprint density at radius 3 is 2.28 bits per heavy atom. The summed E-state index contributed by atoms with van der Waals surface area (Å²) in [5.74, 6) is -0.649. The van der Waals surface area contributed by atoms with Gasteiger partial charge in [-0.05, 0) is 43.3 Å². The number of rotatable bonds is 6. The third kappa shape index (κ3) is 6.10. The molecule has 2 rings (SSSR count). The van der Waals surface area contributed by atoms with Gasteiger partial charge < -0.3 is 16.4 Å². The van der Waals surface area contributed by atoms with E-state index < -0.39 is 39.7 Å². The van der Waals surface area contributed by atoms with Gasteiger partial charge in [-0.1, -0.05) is 12.1 Å². The topological polar surface area (TPSA) is 130 Å². The highest BCUT2D eigenvalue weighted by Crippen LogP contribution is 2.31. The predicted octanol–water partition coefficient (Wildman–Crippen LogP) is 2.50. The van der Waals surface area contributed by atoms with Gasteiger partial charge in [0.2, 0.25) is 5.91 Å². The van der Waals surface area contributed by atoms with Crippen LogP contribution in [0.15, 0.2) is 53.4 Å². The van der Waals surface area contributed by atoms with Crippen LogP contribution in [-0.2, 0) is 21.0 Å². The molecule has 0 aliphatic rings. The van der Waals surface area contributed by atoms with Crippen LogP contribution in [0.4, 0.5) is 29.3 Å². The second kappa shape index (κ2) is 8.39. The van der Waals surface area contributed by atoms with E-state index in [-0.39, 0.29) is 16.3 Å². The molecule has 0 saturated carbocycles. The van der Waals surface area contributed by atoms with E-state index in [1.165, 1.54) is 31.2 Å². The van der Waals surface area contributed by atoms with Gasteiger partial charge >= 0.3 is 12.2 Å². The first-order valence-corrected chi connectivity index (χ1v) is 9.54. The number of nitrogens with one attached hydrogen (secondary N) is 3. The molecule has 2 aromatic carbocycles. The minimum atomic E-state index is -4.62. The summed E-state index contributed by atoms with van der Waals surface area (Å²) in [4.78, 5) is 22.5. The summed E-state index contributed by atoms with van der Waals surface area (Å²) >= 11 is 0. The number of primary amides is 1. The molecule has 0 fully saturated rings. The van der Waals surface area contributed by atoms with Crippen molar-refractivity contribution in [3.05, 3.63) is 54.1 Å². The van der Waals surface area contributed by atoms with Crippen molar-refractivity contribution in [3.63, 3.8) is 0 Å². The van der Waals surface area contributed by atoms with Crippen LogP contribution in [0.25, 0.3) is 0 Å². The maximum Gasteiger partial charge on any atom is 0.416 e. The lowest BCUT2D eigenvalue weighted by molar-refractivity contribution is -0.137. The number of hydrogen-bond acceptors (Lipinski definition) is 4. The maximum absolute atomic E-state index is 12.8. The molecule has 156 valence electrons. The number of sulfonamides is 1. The highest BCUT2D eigenvalue weighted by atomic mass is 32.2. The van der Waals surface area contributed by atoms with E-state index in [1.807, 2.05) is 0 Å². The van der Waals surface area contributed by atoms with Crippen molar-refractivity contribution in [2.45, 2.75) is 24.0 Å². The number of nitrogens with two attached hydrogens (primary N) is 1. The van der Waals surface area contributed by atoms with Crippen molar-refractivity contribution in [3.8, 4) is 0 Å². The largest absolute Gasteiger partial charge is 0.416 e. The highest BCUT2D eigenvalue weighted by molar-refractivity contribution is 7.92. The van der Waals surface area contributed by atoms with Crippen LogP contribution < -0.4 is 21.1 Å². The number of halogens is 3. The van der Waals surface area contributed by atoms with Crippen molar-refractivity contribution in [2.75, 3.05) is 10.0 Å². The maximum atomic E-state index is 12.8. The molecule has 3 amide bonds. The molecule has 0 bridgehead atoms. The Bertz CT molecular complexity index is 1030. The van der Waals surface area contributed by atoms with Gasteiger partial charge in [-0.3, -0.25) is 9.52 Å². The smallest absolute Gasteiger partial charge is 0.352 e. The molecule has 0 aromatic heterocycles. The van der Waals surface area contributed by atoms with Gasteiger partial charge in [0.15, 0.2) is 0 Å². The van der Waals surface area contributed by atoms with Gasteiger partial charge in [-0.25, -0.2) is 13.2 Å². The van der Waals surface area contributed by atoms with Crippen LogP contribution in [0, 0.1) is 0 Å². The van der Waals surface area contributed by atoms with Crippen LogP contribution in [0.2, 0.25) is 0 Å². The second-order valence-electron chi connectivity index (χ2n) is 5.93.